The van der Waals surface area contributed by atoms with Crippen LogP contribution >= 0.6 is 0 Å². The van der Waals surface area contributed by atoms with Crippen molar-refractivity contribution in [3.05, 3.63) is 42.7 Å². The highest BCUT2D eigenvalue weighted by Gasteiger charge is 2.26. The van der Waals surface area contributed by atoms with Gasteiger partial charge in [0, 0.05) is 39.5 Å². The summed E-state index contributed by atoms with van der Waals surface area (Å²) in [7, 11) is -0.733. The Bertz CT molecular complexity index is 911. The monoisotopic (exact) mass is 369 g/mol. The second-order valence-electron chi connectivity index (χ2n) is 6.66. The molecule has 1 aliphatic rings. The smallest absolute Gasteiger partial charge is 0.254 e. The van der Waals surface area contributed by atoms with Gasteiger partial charge in [0.15, 0.2) is 0 Å². The topological polar surface area (TPSA) is 72.2 Å². The van der Waals surface area contributed by atoms with Crippen molar-refractivity contribution in [2.45, 2.75) is 43.9 Å². The van der Waals surface area contributed by atoms with Crippen LogP contribution in [0, 0.1) is 0 Å². The van der Waals surface area contributed by atoms with Crippen LogP contribution in [0.4, 0.5) is 5.82 Å². The predicted octanol–water partition coefficient (Wildman–Crippen LogP) is 3.28. The van der Waals surface area contributed by atoms with E-state index in [0.717, 1.165) is 48.5 Å². The van der Waals surface area contributed by atoms with E-state index in [9.17, 15) is 4.21 Å². The van der Waals surface area contributed by atoms with Crippen molar-refractivity contribution >= 4 is 22.4 Å². The van der Waals surface area contributed by atoms with Gasteiger partial charge in [-0.15, -0.1) is 0 Å². The lowest BCUT2D eigenvalue weighted by Gasteiger charge is -2.29. The van der Waals surface area contributed by atoms with Crippen LogP contribution in [0.3, 0.4) is 0 Å². The van der Waals surface area contributed by atoms with Crippen LogP contribution in [0.15, 0.2) is 42.7 Å². The number of hydrogen-bond acceptors (Lipinski definition) is 5. The number of nitrogens with zero attached hydrogens (tertiary/aromatic N) is 4. The van der Waals surface area contributed by atoms with Crippen LogP contribution in [-0.2, 0) is 10.8 Å². The Hall–Kier alpha value is -2.28. The van der Waals surface area contributed by atoms with E-state index in [4.69, 9.17) is 0 Å². The minimum atomic E-state index is -0.733. The zero-order chi connectivity index (χ0) is 17.9. The van der Waals surface area contributed by atoms with E-state index in [1.807, 2.05) is 43.3 Å². The molecule has 2 heterocycles. The van der Waals surface area contributed by atoms with Gasteiger partial charge in [-0.05, 0) is 19.3 Å². The second kappa shape index (κ2) is 7.53. The quantitative estimate of drug-likeness (QED) is 0.747. The highest BCUT2D eigenvalue weighted by Crippen LogP contribution is 2.27. The second-order valence-corrected chi connectivity index (χ2v) is 8.67. The molecular weight excluding hydrogens is 346 g/mol. The molecule has 26 heavy (non-hydrogen) atoms. The zero-order valence-electron chi connectivity index (χ0n) is 14.8. The Labute approximate surface area is 155 Å². The van der Waals surface area contributed by atoms with Crippen LogP contribution < -0.4 is 5.32 Å². The summed E-state index contributed by atoms with van der Waals surface area (Å²) in [5.41, 5.74) is 1.92. The van der Waals surface area contributed by atoms with Crippen molar-refractivity contribution in [1.82, 2.24) is 19.6 Å². The summed E-state index contributed by atoms with van der Waals surface area (Å²) in [4.78, 5) is 8.88. The van der Waals surface area contributed by atoms with E-state index in [2.05, 4.69) is 20.4 Å². The molecular formula is C19H23N5OS. The Balaban J connectivity index is 1.63. The molecule has 0 bridgehead atoms. The highest BCUT2D eigenvalue weighted by atomic mass is 32.2. The highest BCUT2D eigenvalue weighted by molar-refractivity contribution is 7.85. The number of benzene rings is 1. The Morgan fingerprint density at radius 1 is 1.27 bits per heavy atom. The van der Waals surface area contributed by atoms with E-state index in [1.165, 1.54) is 6.33 Å². The molecule has 4 rings (SSSR count). The van der Waals surface area contributed by atoms with E-state index in [0.29, 0.717) is 11.8 Å². The Morgan fingerprint density at radius 2 is 2.12 bits per heavy atom. The molecule has 1 aromatic carbocycles. The molecule has 1 N–H and O–H groups in total. The molecule has 3 aromatic rings. The summed E-state index contributed by atoms with van der Waals surface area (Å²) >= 11 is 0. The molecule has 136 valence electrons. The average Bonchev–Trinajstić information content (AvgIpc) is 3.17. The summed E-state index contributed by atoms with van der Waals surface area (Å²) in [6.07, 6.45) is 5.70. The first-order valence-electron chi connectivity index (χ1n) is 9.14. The number of fused-ring (bicyclic) bond motifs is 1. The van der Waals surface area contributed by atoms with Gasteiger partial charge in [0.05, 0.1) is 5.69 Å². The molecule has 0 saturated heterocycles. The van der Waals surface area contributed by atoms with Crippen LogP contribution in [0.2, 0.25) is 0 Å². The summed E-state index contributed by atoms with van der Waals surface area (Å²) in [6.45, 7) is 2.00. The first-order chi connectivity index (χ1) is 12.7. The molecule has 6 nitrogen and oxygen atoms in total. The lowest BCUT2D eigenvalue weighted by atomic mass is 9.95. The molecule has 2 aromatic heterocycles. The molecule has 0 spiro atoms. The van der Waals surface area contributed by atoms with Crippen LogP contribution in [0.25, 0.3) is 17.0 Å². The van der Waals surface area contributed by atoms with Crippen molar-refractivity contribution in [3.8, 4) is 11.3 Å². The third kappa shape index (κ3) is 3.49. The fraction of sp³-hybridized carbons (Fsp3) is 0.421. The molecule has 7 heteroatoms. The molecule has 1 saturated carbocycles. The maximum absolute atomic E-state index is 12.2. The van der Waals surface area contributed by atoms with Crippen molar-refractivity contribution in [2.75, 3.05) is 11.1 Å². The number of aromatic nitrogens is 4. The molecule has 1 aliphatic carbocycles. The minimum absolute atomic E-state index is 0.285. The van der Waals surface area contributed by atoms with E-state index >= 15 is 0 Å². The van der Waals surface area contributed by atoms with E-state index < -0.39 is 10.8 Å². The van der Waals surface area contributed by atoms with Crippen molar-refractivity contribution in [1.29, 1.82) is 0 Å². The number of rotatable bonds is 5. The van der Waals surface area contributed by atoms with Gasteiger partial charge in [-0.2, -0.15) is 14.6 Å². The third-order valence-electron chi connectivity index (χ3n) is 4.96. The van der Waals surface area contributed by atoms with Gasteiger partial charge in [0.2, 0.25) is 0 Å². The molecule has 3 unspecified atom stereocenters. The standard InChI is InChI=1S/C19H23N5OS/c1-2-26(25)16-10-6-9-15(11-16)22-18-12-17(14-7-4-3-5-8-14)23-19-20-13-21-24(18)19/h3-5,7-8,12-13,15-16,22H,2,6,9-11H2,1H3. The van der Waals surface area contributed by atoms with E-state index in [1.54, 1.807) is 4.52 Å². The first-order valence-corrected chi connectivity index (χ1v) is 10.5. The summed E-state index contributed by atoms with van der Waals surface area (Å²) in [5.74, 6) is 2.20. The average molecular weight is 369 g/mol. The molecule has 0 aliphatic heterocycles. The normalized spacial score (nSPS) is 21.6. The molecule has 0 amide bonds. The molecule has 0 radical (unpaired) electrons. The Morgan fingerprint density at radius 3 is 2.92 bits per heavy atom. The van der Waals surface area contributed by atoms with Gasteiger partial charge < -0.3 is 5.32 Å². The van der Waals surface area contributed by atoms with Crippen LogP contribution in [0.1, 0.15) is 32.6 Å². The van der Waals surface area contributed by atoms with Gasteiger partial charge in [-0.25, -0.2) is 4.98 Å². The molecule has 3 atom stereocenters. The van der Waals surface area contributed by atoms with Gasteiger partial charge in [-0.1, -0.05) is 43.7 Å². The van der Waals surface area contributed by atoms with Gasteiger partial charge in [0.25, 0.3) is 5.78 Å². The maximum Gasteiger partial charge on any atom is 0.254 e. The van der Waals surface area contributed by atoms with Gasteiger partial charge in [-0.3, -0.25) is 4.21 Å². The summed E-state index contributed by atoms with van der Waals surface area (Å²) in [6, 6.07) is 12.4. The first kappa shape index (κ1) is 17.1. The van der Waals surface area contributed by atoms with Gasteiger partial charge in [0.1, 0.15) is 12.1 Å². The third-order valence-corrected chi connectivity index (χ3v) is 6.70. The summed E-state index contributed by atoms with van der Waals surface area (Å²) < 4.78 is 14.0. The largest absolute Gasteiger partial charge is 0.367 e. The number of hydrogen-bond donors (Lipinski definition) is 1. The molecule has 1 fully saturated rings. The van der Waals surface area contributed by atoms with Crippen LogP contribution in [-0.4, -0.2) is 40.8 Å². The Kier molecular flexibility index (Phi) is 4.97. The van der Waals surface area contributed by atoms with Crippen LogP contribution in [0.5, 0.6) is 0 Å². The minimum Gasteiger partial charge on any atom is -0.367 e. The fourth-order valence-corrected chi connectivity index (χ4v) is 4.98. The van der Waals surface area contributed by atoms with Crippen molar-refractivity contribution in [3.63, 3.8) is 0 Å². The van der Waals surface area contributed by atoms with Crippen molar-refractivity contribution < 1.29 is 4.21 Å². The maximum atomic E-state index is 12.2. The van der Waals surface area contributed by atoms with Crippen molar-refractivity contribution in [2.24, 2.45) is 0 Å². The van der Waals surface area contributed by atoms with E-state index in [-0.39, 0.29) is 5.25 Å². The fourth-order valence-electron chi connectivity index (χ4n) is 3.63. The lowest BCUT2D eigenvalue weighted by Crippen LogP contribution is -2.33. The van der Waals surface area contributed by atoms with Gasteiger partial charge >= 0.3 is 0 Å². The number of nitrogens with one attached hydrogen (secondary N) is 1. The predicted molar refractivity (Wildman–Crippen MR) is 105 cm³/mol. The SMILES string of the molecule is CCS(=O)C1CCCC(Nc2cc(-c3ccccc3)nc3ncnn23)C1. The number of anilines is 1. The lowest BCUT2D eigenvalue weighted by molar-refractivity contribution is 0.463. The zero-order valence-corrected chi connectivity index (χ0v) is 15.7. The summed E-state index contributed by atoms with van der Waals surface area (Å²) in [5, 5.41) is 8.21.